The number of nitrogens with zero attached hydrogens (tertiary/aromatic N) is 4. The second-order valence-electron chi connectivity index (χ2n) is 8.11. The van der Waals surface area contributed by atoms with Crippen LogP contribution in [0.5, 0.6) is 5.75 Å². The third kappa shape index (κ3) is 4.83. The number of Topliss-reactive ketones (excluding diaryl/α,β-unsaturated/α-hetero) is 1. The van der Waals surface area contributed by atoms with Crippen molar-refractivity contribution in [3.8, 4) is 22.8 Å². The third-order valence-corrected chi connectivity index (χ3v) is 6.83. The van der Waals surface area contributed by atoms with E-state index in [0.29, 0.717) is 23.0 Å². The van der Waals surface area contributed by atoms with Crippen molar-refractivity contribution in [2.75, 3.05) is 24.3 Å². The first-order valence-electron chi connectivity index (χ1n) is 11.4. The van der Waals surface area contributed by atoms with Crippen molar-refractivity contribution < 1.29 is 14.3 Å². The van der Waals surface area contributed by atoms with Crippen LogP contribution >= 0.6 is 11.8 Å². The van der Waals surface area contributed by atoms with Gasteiger partial charge in [0.25, 0.3) is 0 Å². The predicted molar refractivity (Wildman–Crippen MR) is 136 cm³/mol. The van der Waals surface area contributed by atoms with Crippen LogP contribution in [0.1, 0.15) is 23.2 Å². The molecular weight excluding hydrogens is 460 g/mol. The lowest BCUT2D eigenvalue weighted by molar-refractivity contribution is -0.117. The summed E-state index contributed by atoms with van der Waals surface area (Å²) >= 11 is 1.35. The van der Waals surface area contributed by atoms with Crippen molar-refractivity contribution in [3.63, 3.8) is 0 Å². The maximum Gasteiger partial charge on any atom is 0.227 e. The Kier molecular flexibility index (Phi) is 6.63. The highest BCUT2D eigenvalue weighted by Gasteiger charge is 2.22. The minimum atomic E-state index is -0.0112. The Morgan fingerprint density at radius 3 is 2.34 bits per heavy atom. The monoisotopic (exact) mass is 484 g/mol. The van der Waals surface area contributed by atoms with Gasteiger partial charge in [0.05, 0.1) is 12.9 Å². The summed E-state index contributed by atoms with van der Waals surface area (Å²) in [6.07, 6.45) is 1.45. The van der Waals surface area contributed by atoms with Gasteiger partial charge in [-0.1, -0.05) is 30.0 Å². The molecule has 2 heterocycles. The van der Waals surface area contributed by atoms with E-state index in [1.807, 2.05) is 71.3 Å². The second kappa shape index (κ2) is 10.1. The predicted octanol–water partition coefficient (Wildman–Crippen LogP) is 5.04. The standard InChI is InChI=1S/C27H24N4O3S/c1-34-23-15-11-20(12-16-23)26-28-29-27(31(26)22-6-3-2-4-7-22)35-18-24(32)19-9-13-21(14-10-19)30-17-5-8-25(30)33/h2-4,6-7,9-16H,5,8,17-18H2,1H3. The minimum Gasteiger partial charge on any atom is -0.497 e. The fourth-order valence-electron chi connectivity index (χ4n) is 4.06. The highest BCUT2D eigenvalue weighted by Crippen LogP contribution is 2.29. The summed E-state index contributed by atoms with van der Waals surface area (Å²) in [5.41, 5.74) is 3.25. The summed E-state index contributed by atoms with van der Waals surface area (Å²) in [7, 11) is 1.63. The molecule has 0 spiro atoms. The van der Waals surface area contributed by atoms with E-state index in [0.717, 1.165) is 35.7 Å². The van der Waals surface area contributed by atoms with Gasteiger partial charge in [0.2, 0.25) is 5.91 Å². The number of carbonyl (C=O) groups is 2. The number of anilines is 1. The molecule has 176 valence electrons. The number of amides is 1. The second-order valence-corrected chi connectivity index (χ2v) is 9.06. The van der Waals surface area contributed by atoms with Crippen molar-refractivity contribution in [1.82, 2.24) is 14.8 Å². The summed E-state index contributed by atoms with van der Waals surface area (Å²) in [6.45, 7) is 0.730. The molecule has 0 unspecified atom stereocenters. The van der Waals surface area contributed by atoms with Crippen molar-refractivity contribution in [2.24, 2.45) is 0 Å². The van der Waals surface area contributed by atoms with Gasteiger partial charge in [-0.3, -0.25) is 14.2 Å². The Morgan fingerprint density at radius 2 is 1.69 bits per heavy atom. The van der Waals surface area contributed by atoms with Crippen molar-refractivity contribution in [2.45, 2.75) is 18.0 Å². The molecule has 1 fully saturated rings. The molecule has 8 heteroatoms. The average Bonchev–Trinajstić information content (AvgIpc) is 3.54. The molecule has 1 aliphatic heterocycles. The first-order valence-corrected chi connectivity index (χ1v) is 12.3. The average molecular weight is 485 g/mol. The number of methoxy groups -OCH3 is 1. The number of thioether (sulfide) groups is 1. The van der Waals surface area contributed by atoms with Gasteiger partial charge in [0.15, 0.2) is 16.8 Å². The number of ether oxygens (including phenoxy) is 1. The smallest absolute Gasteiger partial charge is 0.227 e. The molecule has 1 aromatic heterocycles. The lowest BCUT2D eigenvalue weighted by atomic mass is 10.1. The number of para-hydroxylation sites is 1. The van der Waals surface area contributed by atoms with E-state index >= 15 is 0 Å². The molecule has 0 atom stereocenters. The lowest BCUT2D eigenvalue weighted by Crippen LogP contribution is -2.23. The number of hydrogen-bond acceptors (Lipinski definition) is 6. The maximum absolute atomic E-state index is 12.9. The van der Waals surface area contributed by atoms with E-state index in [1.165, 1.54) is 11.8 Å². The molecular formula is C27H24N4O3S. The minimum absolute atomic E-state index is 0.0112. The quantitative estimate of drug-likeness (QED) is 0.257. The fourth-order valence-corrected chi connectivity index (χ4v) is 4.91. The van der Waals surface area contributed by atoms with Gasteiger partial charge in [-0.15, -0.1) is 10.2 Å². The molecule has 0 N–H and O–H groups in total. The van der Waals surface area contributed by atoms with E-state index < -0.39 is 0 Å². The van der Waals surface area contributed by atoms with E-state index in [2.05, 4.69) is 10.2 Å². The van der Waals surface area contributed by atoms with Crippen LogP contribution in [0.3, 0.4) is 0 Å². The zero-order valence-corrected chi connectivity index (χ0v) is 20.1. The normalized spacial score (nSPS) is 13.3. The number of ketones is 1. The van der Waals surface area contributed by atoms with Gasteiger partial charge in [-0.05, 0) is 67.1 Å². The summed E-state index contributed by atoms with van der Waals surface area (Å²) in [5, 5.41) is 9.47. The van der Waals surface area contributed by atoms with Crippen molar-refractivity contribution in [1.29, 1.82) is 0 Å². The molecule has 0 radical (unpaired) electrons. The SMILES string of the molecule is COc1ccc(-c2nnc(SCC(=O)c3ccc(N4CCCC4=O)cc3)n2-c2ccccc2)cc1. The molecule has 0 bridgehead atoms. The van der Waals surface area contributed by atoms with Crippen LogP contribution in [0.25, 0.3) is 17.1 Å². The number of rotatable bonds is 8. The largest absolute Gasteiger partial charge is 0.497 e. The van der Waals surface area contributed by atoms with Crippen LogP contribution in [0, 0.1) is 0 Å². The molecule has 3 aromatic carbocycles. The summed E-state index contributed by atoms with van der Waals surface area (Å²) < 4.78 is 7.23. The van der Waals surface area contributed by atoms with Crippen molar-refractivity contribution in [3.05, 3.63) is 84.4 Å². The van der Waals surface area contributed by atoms with E-state index in [4.69, 9.17) is 4.74 Å². The Bertz CT molecular complexity index is 1340. The van der Waals surface area contributed by atoms with Gasteiger partial charge in [-0.2, -0.15) is 0 Å². The van der Waals surface area contributed by atoms with Crippen LogP contribution in [-0.2, 0) is 4.79 Å². The molecule has 0 aliphatic carbocycles. The summed E-state index contributed by atoms with van der Waals surface area (Å²) in [4.78, 5) is 26.7. The van der Waals surface area contributed by atoms with Crippen LogP contribution in [0.4, 0.5) is 5.69 Å². The van der Waals surface area contributed by atoms with Gasteiger partial charge < -0.3 is 9.64 Å². The van der Waals surface area contributed by atoms with Gasteiger partial charge in [0.1, 0.15) is 5.75 Å². The number of benzene rings is 3. The molecule has 5 rings (SSSR count). The first kappa shape index (κ1) is 22.9. The number of aromatic nitrogens is 3. The first-order chi connectivity index (χ1) is 17.1. The zero-order chi connectivity index (χ0) is 24.2. The lowest BCUT2D eigenvalue weighted by Gasteiger charge is -2.15. The Labute approximate surface area is 207 Å². The maximum atomic E-state index is 12.9. The molecule has 1 amide bonds. The Balaban J connectivity index is 1.36. The Morgan fingerprint density at radius 1 is 0.943 bits per heavy atom. The topological polar surface area (TPSA) is 77.3 Å². The third-order valence-electron chi connectivity index (χ3n) is 5.90. The Hall–Kier alpha value is -3.91. The van der Waals surface area contributed by atoms with Gasteiger partial charge in [0, 0.05) is 35.5 Å². The molecule has 0 saturated carbocycles. The van der Waals surface area contributed by atoms with Gasteiger partial charge in [-0.25, -0.2) is 0 Å². The van der Waals surface area contributed by atoms with Gasteiger partial charge >= 0.3 is 0 Å². The summed E-state index contributed by atoms with van der Waals surface area (Å²) in [6, 6.07) is 24.7. The van der Waals surface area contributed by atoms with Crippen LogP contribution in [-0.4, -0.2) is 45.9 Å². The van der Waals surface area contributed by atoms with Crippen molar-refractivity contribution >= 4 is 29.1 Å². The highest BCUT2D eigenvalue weighted by atomic mass is 32.2. The van der Waals surface area contributed by atoms with E-state index in [-0.39, 0.29) is 17.4 Å². The number of hydrogen-bond donors (Lipinski definition) is 0. The van der Waals surface area contributed by atoms with Crippen LogP contribution < -0.4 is 9.64 Å². The fraction of sp³-hybridized carbons (Fsp3) is 0.185. The molecule has 1 aliphatic rings. The molecule has 4 aromatic rings. The van der Waals surface area contributed by atoms with Crippen LogP contribution in [0.2, 0.25) is 0 Å². The van der Waals surface area contributed by atoms with Crippen LogP contribution in [0.15, 0.2) is 84.0 Å². The summed E-state index contributed by atoms with van der Waals surface area (Å²) in [5.74, 6) is 1.79. The van der Waals surface area contributed by atoms with E-state index in [1.54, 1.807) is 24.1 Å². The zero-order valence-electron chi connectivity index (χ0n) is 19.3. The van der Waals surface area contributed by atoms with E-state index in [9.17, 15) is 9.59 Å². The number of carbonyl (C=O) groups excluding carboxylic acids is 2. The highest BCUT2D eigenvalue weighted by molar-refractivity contribution is 7.99. The molecule has 7 nitrogen and oxygen atoms in total. The molecule has 35 heavy (non-hydrogen) atoms. The molecule has 1 saturated heterocycles.